The lowest BCUT2D eigenvalue weighted by Crippen LogP contribution is -2.53. The zero-order valence-electron chi connectivity index (χ0n) is 11.8. The van der Waals surface area contributed by atoms with E-state index in [1.807, 2.05) is 18.2 Å². The van der Waals surface area contributed by atoms with Gasteiger partial charge in [-0.2, -0.15) is 0 Å². The van der Waals surface area contributed by atoms with Gasteiger partial charge in [0.1, 0.15) is 12.4 Å². The molecule has 1 N–H and O–H groups in total. The van der Waals surface area contributed by atoms with Crippen molar-refractivity contribution in [2.45, 2.75) is 6.92 Å². The van der Waals surface area contributed by atoms with Crippen LogP contribution in [0.25, 0.3) is 0 Å². The van der Waals surface area contributed by atoms with E-state index in [1.165, 1.54) is 5.56 Å². The van der Waals surface area contributed by atoms with Crippen molar-refractivity contribution in [3.05, 3.63) is 29.8 Å². The third kappa shape index (κ3) is 3.93. The van der Waals surface area contributed by atoms with Crippen molar-refractivity contribution in [1.82, 2.24) is 4.90 Å². The largest absolute Gasteiger partial charge is 0.492 e. The second-order valence-corrected chi connectivity index (χ2v) is 5.55. The molecule has 4 nitrogen and oxygen atoms in total. The maximum absolute atomic E-state index is 9.38. The molecule has 1 fully saturated rings. The Morgan fingerprint density at radius 2 is 2.21 bits per heavy atom. The zero-order valence-corrected chi connectivity index (χ0v) is 11.8. The number of benzene rings is 1. The molecule has 1 aliphatic heterocycles. The molecule has 4 heteroatoms. The van der Waals surface area contributed by atoms with Crippen molar-refractivity contribution in [3.8, 4) is 5.75 Å². The predicted octanol–water partition coefficient (Wildman–Crippen LogP) is 1.31. The van der Waals surface area contributed by atoms with Crippen molar-refractivity contribution < 1.29 is 14.6 Å². The van der Waals surface area contributed by atoms with Gasteiger partial charge in [-0.3, -0.25) is 0 Å². The highest BCUT2D eigenvalue weighted by Gasteiger charge is 2.38. The maximum Gasteiger partial charge on any atom is 0.119 e. The van der Waals surface area contributed by atoms with Crippen molar-refractivity contribution in [3.63, 3.8) is 0 Å². The van der Waals surface area contributed by atoms with E-state index < -0.39 is 0 Å². The van der Waals surface area contributed by atoms with Crippen LogP contribution in [0, 0.1) is 12.3 Å². The van der Waals surface area contributed by atoms with Crippen LogP contribution in [0.2, 0.25) is 0 Å². The van der Waals surface area contributed by atoms with Crippen LogP contribution in [0.5, 0.6) is 5.75 Å². The quantitative estimate of drug-likeness (QED) is 0.807. The van der Waals surface area contributed by atoms with Gasteiger partial charge in [0, 0.05) is 13.1 Å². The predicted molar refractivity (Wildman–Crippen MR) is 74.5 cm³/mol. The fraction of sp³-hybridized carbons (Fsp3) is 0.600. The number of hydrogen-bond acceptors (Lipinski definition) is 4. The molecule has 0 radical (unpaired) electrons. The molecule has 0 atom stereocenters. The van der Waals surface area contributed by atoms with E-state index in [0.717, 1.165) is 18.8 Å². The molecule has 1 saturated heterocycles. The minimum atomic E-state index is -0.0575. The molecule has 1 aromatic carbocycles. The van der Waals surface area contributed by atoms with Crippen LogP contribution in [0.1, 0.15) is 5.56 Å². The molecule has 1 aliphatic rings. The number of aliphatic hydroxyl groups is 1. The molecule has 19 heavy (non-hydrogen) atoms. The van der Waals surface area contributed by atoms with E-state index >= 15 is 0 Å². The van der Waals surface area contributed by atoms with Gasteiger partial charge in [0.2, 0.25) is 0 Å². The summed E-state index contributed by atoms with van der Waals surface area (Å²) in [5.74, 6) is 0.914. The summed E-state index contributed by atoms with van der Waals surface area (Å²) in [5, 5.41) is 9.38. The van der Waals surface area contributed by atoms with Crippen molar-refractivity contribution in [2.75, 3.05) is 46.6 Å². The maximum atomic E-state index is 9.38. The van der Waals surface area contributed by atoms with E-state index in [9.17, 15) is 5.11 Å². The molecule has 106 valence electrons. The number of hydrogen-bond donors (Lipinski definition) is 1. The van der Waals surface area contributed by atoms with Crippen molar-refractivity contribution in [2.24, 2.45) is 5.41 Å². The number of ether oxygens (including phenoxy) is 2. The molecule has 0 unspecified atom stereocenters. The molecule has 0 aliphatic carbocycles. The fourth-order valence-corrected chi connectivity index (χ4v) is 2.30. The minimum absolute atomic E-state index is 0.0575. The molecule has 0 aromatic heterocycles. The lowest BCUT2D eigenvalue weighted by Gasteiger charge is -2.42. The standard InChI is InChI=1S/C15H23NO3/c1-13-4-3-5-14(8-13)19-7-6-16(2)9-15(10-17)11-18-12-15/h3-5,8,17H,6-7,9-12H2,1-2H3. The third-order valence-electron chi connectivity index (χ3n) is 3.49. The van der Waals surface area contributed by atoms with Crippen LogP contribution < -0.4 is 4.74 Å². The average molecular weight is 265 g/mol. The Morgan fingerprint density at radius 3 is 2.79 bits per heavy atom. The van der Waals surface area contributed by atoms with Crippen LogP contribution in [0.15, 0.2) is 24.3 Å². The minimum Gasteiger partial charge on any atom is -0.492 e. The number of aryl methyl sites for hydroxylation is 1. The molecule has 2 rings (SSSR count). The third-order valence-corrected chi connectivity index (χ3v) is 3.49. The van der Waals surface area contributed by atoms with Crippen LogP contribution in [0.4, 0.5) is 0 Å². The fourth-order valence-electron chi connectivity index (χ4n) is 2.30. The van der Waals surface area contributed by atoms with Crippen LogP contribution >= 0.6 is 0 Å². The molecule has 0 saturated carbocycles. The van der Waals surface area contributed by atoms with Crippen molar-refractivity contribution in [1.29, 1.82) is 0 Å². The molecule has 1 aromatic rings. The van der Waals surface area contributed by atoms with Gasteiger partial charge >= 0.3 is 0 Å². The Bertz CT molecular complexity index is 399. The summed E-state index contributed by atoms with van der Waals surface area (Å²) < 4.78 is 10.9. The molecule has 1 heterocycles. The van der Waals surface area contributed by atoms with Gasteiger partial charge in [-0.1, -0.05) is 12.1 Å². The summed E-state index contributed by atoms with van der Waals surface area (Å²) in [7, 11) is 2.05. The van der Waals surface area contributed by atoms with E-state index in [-0.39, 0.29) is 12.0 Å². The zero-order chi connectivity index (χ0) is 13.7. The normalized spacial score (nSPS) is 17.3. The number of aliphatic hydroxyl groups excluding tert-OH is 1. The monoisotopic (exact) mass is 265 g/mol. The van der Waals surface area contributed by atoms with Crippen molar-refractivity contribution >= 4 is 0 Å². The Labute approximate surface area is 114 Å². The topological polar surface area (TPSA) is 41.9 Å². The second kappa shape index (κ2) is 6.37. The molecule has 0 spiro atoms. The molecule has 0 bridgehead atoms. The summed E-state index contributed by atoms with van der Waals surface area (Å²) in [4.78, 5) is 2.19. The van der Waals surface area contributed by atoms with Gasteiger partial charge in [-0.05, 0) is 31.7 Å². The Balaban J connectivity index is 1.70. The smallest absolute Gasteiger partial charge is 0.119 e. The number of nitrogens with zero attached hydrogens (tertiary/aromatic N) is 1. The molecular formula is C15H23NO3. The number of likely N-dealkylation sites (N-methyl/N-ethyl adjacent to an activating group) is 1. The first-order valence-electron chi connectivity index (χ1n) is 6.70. The summed E-state index contributed by atoms with van der Waals surface area (Å²) in [6, 6.07) is 8.07. The van der Waals surface area contributed by atoms with Gasteiger partial charge < -0.3 is 19.5 Å². The number of rotatable bonds is 7. The second-order valence-electron chi connectivity index (χ2n) is 5.55. The van der Waals surface area contributed by atoms with Crippen LogP contribution in [0.3, 0.4) is 0 Å². The van der Waals surface area contributed by atoms with E-state index in [4.69, 9.17) is 9.47 Å². The van der Waals surface area contributed by atoms with Gasteiger partial charge in [0.15, 0.2) is 0 Å². The average Bonchev–Trinajstić information content (AvgIpc) is 2.34. The Hall–Kier alpha value is -1.10. The van der Waals surface area contributed by atoms with Crippen LogP contribution in [-0.2, 0) is 4.74 Å². The lowest BCUT2D eigenvalue weighted by molar-refractivity contribution is -0.146. The van der Waals surface area contributed by atoms with E-state index in [2.05, 4.69) is 24.9 Å². The first-order valence-corrected chi connectivity index (χ1v) is 6.70. The summed E-state index contributed by atoms with van der Waals surface area (Å²) in [6.07, 6.45) is 0. The highest BCUT2D eigenvalue weighted by Crippen LogP contribution is 2.27. The first kappa shape index (κ1) is 14.3. The van der Waals surface area contributed by atoms with E-state index in [0.29, 0.717) is 19.8 Å². The summed E-state index contributed by atoms with van der Waals surface area (Å²) in [5.41, 5.74) is 1.15. The SMILES string of the molecule is Cc1cccc(OCCN(C)CC2(CO)COC2)c1. The first-order chi connectivity index (χ1) is 9.13. The Morgan fingerprint density at radius 1 is 1.42 bits per heavy atom. The van der Waals surface area contributed by atoms with E-state index in [1.54, 1.807) is 0 Å². The lowest BCUT2D eigenvalue weighted by atomic mass is 9.86. The highest BCUT2D eigenvalue weighted by atomic mass is 16.5. The Kier molecular flexibility index (Phi) is 4.80. The van der Waals surface area contributed by atoms with Gasteiger partial charge in [-0.15, -0.1) is 0 Å². The van der Waals surface area contributed by atoms with Gasteiger partial charge in [0.05, 0.1) is 25.2 Å². The van der Waals surface area contributed by atoms with Gasteiger partial charge in [0.25, 0.3) is 0 Å². The molecular weight excluding hydrogens is 242 g/mol. The van der Waals surface area contributed by atoms with Crippen LogP contribution in [-0.4, -0.2) is 56.6 Å². The van der Waals surface area contributed by atoms with Gasteiger partial charge in [-0.25, -0.2) is 0 Å². The molecule has 0 amide bonds. The highest BCUT2D eigenvalue weighted by molar-refractivity contribution is 5.27. The summed E-state index contributed by atoms with van der Waals surface area (Å²) in [6.45, 7) is 5.91. The summed E-state index contributed by atoms with van der Waals surface area (Å²) >= 11 is 0.